The first-order chi connectivity index (χ1) is 16.3. The van der Waals surface area contributed by atoms with E-state index in [2.05, 4.69) is 0 Å². The summed E-state index contributed by atoms with van der Waals surface area (Å²) in [5, 5.41) is 11.1. The van der Waals surface area contributed by atoms with E-state index < -0.39 is 4.92 Å². The van der Waals surface area contributed by atoms with Crippen molar-refractivity contribution in [3.8, 4) is 11.5 Å². The lowest BCUT2D eigenvalue weighted by Crippen LogP contribution is -2.49. The van der Waals surface area contributed by atoms with Crippen molar-refractivity contribution in [1.82, 2.24) is 0 Å². The van der Waals surface area contributed by atoms with Crippen molar-refractivity contribution in [2.45, 2.75) is 45.1 Å². The first-order valence-corrected chi connectivity index (χ1v) is 12.2. The fourth-order valence-electron chi connectivity index (χ4n) is 6.65. The lowest BCUT2D eigenvalue weighted by atomic mass is 9.48. The van der Waals surface area contributed by atoms with Crippen LogP contribution >= 0.6 is 11.6 Å². The fourth-order valence-corrected chi connectivity index (χ4v) is 6.88. The van der Waals surface area contributed by atoms with Gasteiger partial charge in [0.25, 0.3) is 5.69 Å². The quantitative estimate of drug-likeness (QED) is 0.240. The van der Waals surface area contributed by atoms with Gasteiger partial charge in [-0.25, -0.2) is 0 Å². The summed E-state index contributed by atoms with van der Waals surface area (Å²) >= 11 is 6.15. The topological polar surface area (TPSA) is 78.7 Å². The molecule has 4 saturated carbocycles. The molecular formula is C27H28ClNO5. The molecule has 0 unspecified atom stereocenters. The van der Waals surface area contributed by atoms with Crippen molar-refractivity contribution in [2.24, 2.45) is 23.2 Å². The molecule has 0 heterocycles. The summed E-state index contributed by atoms with van der Waals surface area (Å²) in [4.78, 5) is 23.7. The molecule has 2 aromatic rings. The third-order valence-corrected chi connectivity index (χ3v) is 8.10. The Kier molecular flexibility index (Phi) is 6.11. The number of nitro benzene ring substituents is 1. The van der Waals surface area contributed by atoms with Gasteiger partial charge in [-0.1, -0.05) is 23.7 Å². The summed E-state index contributed by atoms with van der Waals surface area (Å²) in [6, 6.07) is 9.81. The molecule has 2 aromatic carbocycles. The standard InChI is InChI=1S/C27H28ClNO5/c1-33-24-5-2-17(11-21(24)16-34-25-6-4-22(29(31)32)12-23(25)28)3-7-26(30)27-13-18-8-19(14-27)10-20(9-18)15-27/h2-7,11-12,18-20H,8-10,13-16H2,1H3/b7-3+. The molecule has 6 rings (SSSR count). The van der Waals surface area contributed by atoms with E-state index in [1.165, 1.54) is 37.5 Å². The number of nitrogens with zero attached hydrogens (tertiary/aromatic N) is 1. The zero-order valence-electron chi connectivity index (χ0n) is 19.2. The van der Waals surface area contributed by atoms with Gasteiger partial charge in [-0.15, -0.1) is 0 Å². The Morgan fingerprint density at radius 3 is 2.32 bits per heavy atom. The minimum absolute atomic E-state index is 0.0919. The minimum Gasteiger partial charge on any atom is -0.496 e. The van der Waals surface area contributed by atoms with Gasteiger partial charge in [0.1, 0.15) is 18.1 Å². The van der Waals surface area contributed by atoms with Crippen molar-refractivity contribution in [3.05, 3.63) is 68.7 Å². The Hall–Kier alpha value is -2.86. The number of benzene rings is 2. The van der Waals surface area contributed by atoms with E-state index in [4.69, 9.17) is 21.1 Å². The molecule has 4 bridgehead atoms. The molecule has 0 spiro atoms. The smallest absolute Gasteiger partial charge is 0.271 e. The number of ketones is 1. The monoisotopic (exact) mass is 481 g/mol. The van der Waals surface area contributed by atoms with Gasteiger partial charge in [0.15, 0.2) is 5.78 Å². The van der Waals surface area contributed by atoms with Gasteiger partial charge in [-0.05, 0) is 86.1 Å². The van der Waals surface area contributed by atoms with E-state index in [1.807, 2.05) is 24.3 Å². The predicted molar refractivity (Wildman–Crippen MR) is 130 cm³/mol. The first kappa shape index (κ1) is 22.9. The van der Waals surface area contributed by atoms with Crippen molar-refractivity contribution < 1.29 is 19.2 Å². The highest BCUT2D eigenvalue weighted by molar-refractivity contribution is 6.32. The van der Waals surface area contributed by atoms with E-state index in [9.17, 15) is 14.9 Å². The van der Waals surface area contributed by atoms with Crippen LogP contribution in [0.4, 0.5) is 5.69 Å². The van der Waals surface area contributed by atoms with Gasteiger partial charge in [0, 0.05) is 23.1 Å². The zero-order chi connectivity index (χ0) is 23.9. The maximum Gasteiger partial charge on any atom is 0.271 e. The molecular weight excluding hydrogens is 454 g/mol. The third-order valence-electron chi connectivity index (χ3n) is 7.80. The molecule has 4 fully saturated rings. The highest BCUT2D eigenvalue weighted by Crippen LogP contribution is 2.60. The van der Waals surface area contributed by atoms with Crippen LogP contribution in [0.5, 0.6) is 11.5 Å². The second kappa shape index (κ2) is 9.06. The number of methoxy groups -OCH3 is 1. The number of rotatable bonds is 8. The molecule has 0 atom stereocenters. The van der Waals surface area contributed by atoms with Crippen LogP contribution < -0.4 is 9.47 Å². The number of nitro groups is 1. The number of non-ortho nitro benzene ring substituents is 1. The van der Waals surface area contributed by atoms with Crippen LogP contribution in [0.1, 0.15) is 49.7 Å². The summed E-state index contributed by atoms with van der Waals surface area (Å²) in [7, 11) is 1.59. The lowest BCUT2D eigenvalue weighted by Gasteiger charge is -2.55. The Labute approximate surface area is 204 Å². The first-order valence-electron chi connectivity index (χ1n) is 11.8. The number of allylic oxidation sites excluding steroid dienone is 1. The van der Waals surface area contributed by atoms with E-state index in [0.29, 0.717) is 11.5 Å². The van der Waals surface area contributed by atoms with Crippen molar-refractivity contribution in [2.75, 3.05) is 7.11 Å². The van der Waals surface area contributed by atoms with Gasteiger partial charge in [-0.3, -0.25) is 14.9 Å². The summed E-state index contributed by atoms with van der Waals surface area (Å²) in [6.07, 6.45) is 10.8. The van der Waals surface area contributed by atoms with E-state index in [1.54, 1.807) is 13.2 Å². The Morgan fingerprint density at radius 1 is 1.09 bits per heavy atom. The molecule has 0 amide bonds. The molecule has 178 valence electrons. The second-order valence-corrected chi connectivity index (χ2v) is 10.5. The molecule has 4 aliphatic rings. The summed E-state index contributed by atoms with van der Waals surface area (Å²) in [5.41, 5.74) is 1.45. The number of hydrogen-bond acceptors (Lipinski definition) is 5. The average Bonchev–Trinajstić information content (AvgIpc) is 2.80. The number of ether oxygens (including phenoxy) is 2. The maximum atomic E-state index is 13.3. The number of halogens is 1. The van der Waals surface area contributed by atoms with Crippen LogP contribution in [0.15, 0.2) is 42.5 Å². The molecule has 0 N–H and O–H groups in total. The molecule has 4 aliphatic carbocycles. The molecule has 0 aliphatic heterocycles. The molecule has 0 radical (unpaired) electrons. The molecule has 7 heteroatoms. The predicted octanol–water partition coefficient (Wildman–Crippen LogP) is 6.63. The van der Waals surface area contributed by atoms with Gasteiger partial charge in [0.05, 0.1) is 17.1 Å². The minimum atomic E-state index is -0.501. The summed E-state index contributed by atoms with van der Waals surface area (Å²) in [6.45, 7) is 0.172. The van der Waals surface area contributed by atoms with Crippen LogP contribution in [0, 0.1) is 33.3 Å². The van der Waals surface area contributed by atoms with Gasteiger partial charge < -0.3 is 9.47 Å². The number of hydrogen-bond donors (Lipinski definition) is 0. The second-order valence-electron chi connectivity index (χ2n) is 10.1. The summed E-state index contributed by atoms with van der Waals surface area (Å²) < 4.78 is 11.3. The van der Waals surface area contributed by atoms with Crippen molar-refractivity contribution in [1.29, 1.82) is 0 Å². The van der Waals surface area contributed by atoms with Gasteiger partial charge >= 0.3 is 0 Å². The summed E-state index contributed by atoms with van der Waals surface area (Å²) in [5.74, 6) is 3.49. The van der Waals surface area contributed by atoms with E-state index >= 15 is 0 Å². The fraction of sp³-hybridized carbons (Fsp3) is 0.444. The van der Waals surface area contributed by atoms with Crippen LogP contribution in [-0.4, -0.2) is 17.8 Å². The number of carbonyl (C=O) groups excluding carboxylic acids is 1. The average molecular weight is 482 g/mol. The van der Waals surface area contributed by atoms with Crippen LogP contribution in [0.25, 0.3) is 6.08 Å². The Bertz CT molecular complexity index is 1120. The van der Waals surface area contributed by atoms with E-state index in [-0.39, 0.29) is 28.5 Å². The normalized spacial score (nSPS) is 27.2. The lowest BCUT2D eigenvalue weighted by molar-refractivity contribution is -0.384. The molecule has 34 heavy (non-hydrogen) atoms. The SMILES string of the molecule is COc1ccc(/C=C/C(=O)C23CC4CC(CC(C4)C2)C3)cc1COc1ccc([N+](=O)[O-])cc1Cl. The van der Waals surface area contributed by atoms with Gasteiger partial charge in [0.2, 0.25) is 0 Å². The maximum absolute atomic E-state index is 13.3. The van der Waals surface area contributed by atoms with Crippen LogP contribution in [-0.2, 0) is 11.4 Å². The molecule has 0 aromatic heterocycles. The van der Waals surface area contributed by atoms with Gasteiger partial charge in [-0.2, -0.15) is 0 Å². The zero-order valence-corrected chi connectivity index (χ0v) is 19.9. The third kappa shape index (κ3) is 4.43. The Morgan fingerprint density at radius 2 is 1.74 bits per heavy atom. The van der Waals surface area contributed by atoms with Crippen molar-refractivity contribution in [3.63, 3.8) is 0 Å². The van der Waals surface area contributed by atoms with E-state index in [0.717, 1.165) is 48.1 Å². The van der Waals surface area contributed by atoms with Crippen molar-refractivity contribution >= 4 is 29.1 Å². The van der Waals surface area contributed by atoms with Crippen LogP contribution in [0.3, 0.4) is 0 Å². The largest absolute Gasteiger partial charge is 0.496 e. The highest BCUT2D eigenvalue weighted by atomic mass is 35.5. The highest BCUT2D eigenvalue weighted by Gasteiger charge is 2.53. The Balaban J connectivity index is 1.30. The molecule has 6 nitrogen and oxygen atoms in total. The number of carbonyl (C=O) groups is 1. The van der Waals surface area contributed by atoms with Crippen LogP contribution in [0.2, 0.25) is 5.02 Å². The molecule has 0 saturated heterocycles.